The first kappa shape index (κ1) is 14.4. The molecular formula is C13H13F3N2O2. The second-order valence-electron chi connectivity index (χ2n) is 5.74. The molecule has 4 nitrogen and oxygen atoms in total. The Hall–Kier alpha value is -1.97. The summed E-state index contributed by atoms with van der Waals surface area (Å²) in [6.45, 7) is 3.53. The van der Waals surface area contributed by atoms with Gasteiger partial charge >= 0.3 is 6.18 Å². The van der Waals surface area contributed by atoms with Gasteiger partial charge in [0.2, 0.25) is 5.88 Å². The summed E-state index contributed by atoms with van der Waals surface area (Å²) in [5.74, 6) is -3.55. The Morgan fingerprint density at radius 1 is 1.40 bits per heavy atom. The van der Waals surface area contributed by atoms with Gasteiger partial charge in [-0.3, -0.25) is 4.79 Å². The van der Waals surface area contributed by atoms with Crippen molar-refractivity contribution in [2.45, 2.75) is 32.9 Å². The Morgan fingerprint density at radius 2 is 2.00 bits per heavy atom. The molecule has 0 aromatic heterocycles. The number of ketones is 1. The summed E-state index contributed by atoms with van der Waals surface area (Å²) in [6.07, 6.45) is -4.59. The third-order valence-electron chi connectivity index (χ3n) is 3.40. The van der Waals surface area contributed by atoms with E-state index in [2.05, 4.69) is 0 Å². The lowest BCUT2D eigenvalue weighted by atomic mass is 9.71. The molecule has 1 unspecified atom stereocenters. The highest BCUT2D eigenvalue weighted by Gasteiger charge is 2.53. The van der Waals surface area contributed by atoms with Gasteiger partial charge in [-0.1, -0.05) is 13.8 Å². The van der Waals surface area contributed by atoms with Crippen LogP contribution in [0.2, 0.25) is 0 Å². The molecule has 0 aromatic rings. The maximum absolute atomic E-state index is 13.2. The summed E-state index contributed by atoms with van der Waals surface area (Å²) in [5, 5.41) is 8.87. The van der Waals surface area contributed by atoms with E-state index in [1.165, 1.54) is 6.07 Å². The fourth-order valence-electron chi connectivity index (χ4n) is 2.61. The molecule has 0 saturated heterocycles. The highest BCUT2D eigenvalue weighted by molar-refractivity contribution is 5.98. The molecule has 0 aromatic carbocycles. The van der Waals surface area contributed by atoms with E-state index in [-0.39, 0.29) is 18.6 Å². The normalized spacial score (nSPS) is 26.0. The van der Waals surface area contributed by atoms with E-state index in [9.17, 15) is 18.0 Å². The van der Waals surface area contributed by atoms with Gasteiger partial charge in [0.05, 0.1) is 5.57 Å². The first-order chi connectivity index (χ1) is 9.07. The standard InChI is InChI=1S/C13H13F3N2O2/c1-12(2)3-7(19)9-8(4-12)20-11(18)6(5-17)10(9)13(14,15)16/h10H,3-4,18H2,1-2H3. The second kappa shape index (κ2) is 4.27. The molecule has 1 atom stereocenters. The molecule has 0 bridgehead atoms. The van der Waals surface area contributed by atoms with E-state index in [0.29, 0.717) is 0 Å². The summed E-state index contributed by atoms with van der Waals surface area (Å²) in [5.41, 5.74) is 3.70. The van der Waals surface area contributed by atoms with Crippen molar-refractivity contribution in [1.82, 2.24) is 0 Å². The molecule has 0 radical (unpaired) electrons. The van der Waals surface area contributed by atoms with Crippen LogP contribution in [0.25, 0.3) is 0 Å². The molecule has 1 aliphatic heterocycles. The van der Waals surface area contributed by atoms with Crippen molar-refractivity contribution >= 4 is 5.78 Å². The Kier molecular flexibility index (Phi) is 3.08. The number of hydrogen-bond acceptors (Lipinski definition) is 4. The third-order valence-corrected chi connectivity index (χ3v) is 3.40. The molecule has 0 fully saturated rings. The van der Waals surface area contributed by atoms with E-state index in [0.717, 1.165) is 0 Å². The van der Waals surface area contributed by atoms with Crippen molar-refractivity contribution in [3.63, 3.8) is 0 Å². The molecule has 20 heavy (non-hydrogen) atoms. The molecule has 1 heterocycles. The minimum absolute atomic E-state index is 0.0135. The van der Waals surface area contributed by atoms with Crippen molar-refractivity contribution in [2.75, 3.05) is 0 Å². The number of alkyl halides is 3. The van der Waals surface area contributed by atoms with Gasteiger partial charge in [-0.2, -0.15) is 18.4 Å². The topological polar surface area (TPSA) is 76.1 Å². The van der Waals surface area contributed by atoms with Gasteiger partial charge in [0.1, 0.15) is 23.3 Å². The van der Waals surface area contributed by atoms with Gasteiger partial charge in [0.25, 0.3) is 0 Å². The maximum atomic E-state index is 13.2. The number of nitrogens with zero attached hydrogens (tertiary/aromatic N) is 1. The SMILES string of the molecule is CC1(C)CC(=O)C2=C(C1)OC(N)=C(C#N)C2C(F)(F)F. The Bertz CT molecular complexity index is 579. The maximum Gasteiger partial charge on any atom is 0.400 e. The summed E-state index contributed by atoms with van der Waals surface area (Å²) in [6, 6.07) is 1.41. The number of halogens is 3. The van der Waals surface area contributed by atoms with Gasteiger partial charge in [0.15, 0.2) is 5.78 Å². The van der Waals surface area contributed by atoms with Crippen molar-refractivity contribution in [3.8, 4) is 6.07 Å². The third kappa shape index (κ3) is 2.26. The molecule has 2 rings (SSSR count). The zero-order chi connectivity index (χ0) is 15.3. The fourth-order valence-corrected chi connectivity index (χ4v) is 2.61. The summed E-state index contributed by atoms with van der Waals surface area (Å²) >= 11 is 0. The molecule has 7 heteroatoms. The molecular weight excluding hydrogens is 273 g/mol. The number of Topliss-reactive ketones (excluding diaryl/α,β-unsaturated/α-hetero) is 1. The van der Waals surface area contributed by atoms with E-state index < -0.39 is 40.3 Å². The van der Waals surface area contributed by atoms with E-state index in [1.54, 1.807) is 13.8 Å². The van der Waals surface area contributed by atoms with Crippen LogP contribution in [0.4, 0.5) is 13.2 Å². The van der Waals surface area contributed by atoms with Crippen LogP contribution in [0.15, 0.2) is 22.8 Å². The first-order valence-electron chi connectivity index (χ1n) is 5.97. The van der Waals surface area contributed by atoms with Gasteiger partial charge in [-0.15, -0.1) is 0 Å². The lowest BCUT2D eigenvalue weighted by molar-refractivity contribution is -0.160. The number of nitrogens with two attached hydrogens (primary N) is 1. The van der Waals surface area contributed by atoms with E-state index in [1.807, 2.05) is 0 Å². The first-order valence-corrected chi connectivity index (χ1v) is 5.97. The lowest BCUT2D eigenvalue weighted by Crippen LogP contribution is -2.39. The molecule has 0 spiro atoms. The molecule has 2 aliphatic rings. The second-order valence-corrected chi connectivity index (χ2v) is 5.74. The zero-order valence-corrected chi connectivity index (χ0v) is 11.0. The van der Waals surface area contributed by atoms with Crippen LogP contribution >= 0.6 is 0 Å². The van der Waals surface area contributed by atoms with Gasteiger partial charge < -0.3 is 10.5 Å². The minimum atomic E-state index is -4.75. The van der Waals surface area contributed by atoms with Crippen molar-refractivity contribution < 1.29 is 22.7 Å². The van der Waals surface area contributed by atoms with Crippen LogP contribution in [0.5, 0.6) is 0 Å². The predicted octanol–water partition coefficient (Wildman–Crippen LogP) is 2.53. The lowest BCUT2D eigenvalue weighted by Gasteiger charge is -2.37. The highest BCUT2D eigenvalue weighted by Crippen LogP contribution is 2.49. The van der Waals surface area contributed by atoms with Crippen molar-refractivity contribution in [3.05, 3.63) is 22.8 Å². The van der Waals surface area contributed by atoms with Crippen LogP contribution in [-0.4, -0.2) is 12.0 Å². The summed E-state index contributed by atoms with van der Waals surface area (Å²) < 4.78 is 44.7. The summed E-state index contributed by atoms with van der Waals surface area (Å²) in [4.78, 5) is 12.1. The number of nitriles is 1. The number of ether oxygens (including phenoxy) is 1. The average Bonchev–Trinajstić information content (AvgIpc) is 2.23. The molecule has 108 valence electrons. The number of rotatable bonds is 0. The number of allylic oxidation sites excluding steroid dienone is 3. The highest BCUT2D eigenvalue weighted by atomic mass is 19.4. The van der Waals surface area contributed by atoms with E-state index >= 15 is 0 Å². The van der Waals surface area contributed by atoms with Gasteiger partial charge in [0, 0.05) is 12.8 Å². The number of hydrogen-bond donors (Lipinski definition) is 1. The fraction of sp³-hybridized carbons (Fsp3) is 0.538. The Balaban J connectivity index is 2.60. The molecule has 2 N–H and O–H groups in total. The van der Waals surface area contributed by atoms with Crippen molar-refractivity contribution in [2.24, 2.45) is 17.1 Å². The van der Waals surface area contributed by atoms with Crippen LogP contribution in [0, 0.1) is 22.7 Å². The van der Waals surface area contributed by atoms with Gasteiger partial charge in [-0.05, 0) is 5.41 Å². The molecule has 0 amide bonds. The Morgan fingerprint density at radius 3 is 2.50 bits per heavy atom. The van der Waals surface area contributed by atoms with Crippen LogP contribution < -0.4 is 5.73 Å². The van der Waals surface area contributed by atoms with Gasteiger partial charge in [-0.25, -0.2) is 0 Å². The average molecular weight is 286 g/mol. The Labute approximate surface area is 113 Å². The number of carbonyl (C=O) groups is 1. The summed E-state index contributed by atoms with van der Waals surface area (Å²) in [7, 11) is 0. The largest absolute Gasteiger partial charge is 0.444 e. The van der Waals surface area contributed by atoms with Crippen molar-refractivity contribution in [1.29, 1.82) is 5.26 Å². The predicted molar refractivity (Wildman–Crippen MR) is 62.5 cm³/mol. The molecule has 0 saturated carbocycles. The van der Waals surface area contributed by atoms with Crippen LogP contribution in [-0.2, 0) is 9.53 Å². The quantitative estimate of drug-likeness (QED) is 0.742. The molecule has 1 aliphatic carbocycles. The zero-order valence-electron chi connectivity index (χ0n) is 11.0. The van der Waals surface area contributed by atoms with Crippen LogP contribution in [0.3, 0.4) is 0 Å². The monoisotopic (exact) mass is 286 g/mol. The smallest absolute Gasteiger partial charge is 0.400 e. The minimum Gasteiger partial charge on any atom is -0.444 e. The van der Waals surface area contributed by atoms with Crippen LogP contribution in [0.1, 0.15) is 26.7 Å². The number of carbonyl (C=O) groups excluding carboxylic acids is 1. The van der Waals surface area contributed by atoms with E-state index in [4.69, 9.17) is 15.7 Å².